The van der Waals surface area contributed by atoms with Crippen LogP contribution >= 0.6 is 11.3 Å². The molecule has 0 fully saturated rings. The van der Waals surface area contributed by atoms with Crippen LogP contribution in [0.1, 0.15) is 23.6 Å². The molecule has 0 aromatic carbocycles. The largest absolute Gasteiger partial charge is 0.380 e. The van der Waals surface area contributed by atoms with Gasteiger partial charge in [0.15, 0.2) is 5.96 Å². The Morgan fingerprint density at radius 2 is 2.26 bits per heavy atom. The molecule has 5 heteroatoms. The van der Waals surface area contributed by atoms with Crippen LogP contribution in [0.3, 0.4) is 0 Å². The fourth-order valence-electron chi connectivity index (χ4n) is 1.76. The SMILES string of the molecule is CCOCCNC(=NC)NC(C)Cc1ccc(C)s1. The van der Waals surface area contributed by atoms with Gasteiger partial charge in [0.05, 0.1) is 6.61 Å². The van der Waals surface area contributed by atoms with E-state index in [4.69, 9.17) is 4.74 Å². The van der Waals surface area contributed by atoms with Gasteiger partial charge < -0.3 is 15.4 Å². The first kappa shape index (κ1) is 16.0. The summed E-state index contributed by atoms with van der Waals surface area (Å²) in [6, 6.07) is 4.72. The molecule has 19 heavy (non-hydrogen) atoms. The smallest absolute Gasteiger partial charge is 0.191 e. The molecule has 1 heterocycles. The maximum atomic E-state index is 5.29. The van der Waals surface area contributed by atoms with Gasteiger partial charge >= 0.3 is 0 Å². The van der Waals surface area contributed by atoms with Gasteiger partial charge in [0.25, 0.3) is 0 Å². The number of rotatable bonds is 7. The van der Waals surface area contributed by atoms with Crippen LogP contribution < -0.4 is 10.6 Å². The zero-order chi connectivity index (χ0) is 14.1. The highest BCUT2D eigenvalue weighted by atomic mass is 32.1. The van der Waals surface area contributed by atoms with Crippen molar-refractivity contribution in [2.45, 2.75) is 33.2 Å². The molecule has 108 valence electrons. The highest BCUT2D eigenvalue weighted by Crippen LogP contribution is 2.16. The third kappa shape index (κ3) is 6.59. The monoisotopic (exact) mass is 283 g/mol. The van der Waals surface area contributed by atoms with Gasteiger partial charge in [-0.05, 0) is 32.9 Å². The molecule has 0 aliphatic rings. The average molecular weight is 283 g/mol. The summed E-state index contributed by atoms with van der Waals surface area (Å²) in [7, 11) is 1.79. The second kappa shape index (κ2) is 8.93. The molecule has 0 spiro atoms. The highest BCUT2D eigenvalue weighted by Gasteiger charge is 2.07. The molecule has 4 nitrogen and oxygen atoms in total. The second-order valence-corrected chi connectivity index (χ2v) is 5.83. The lowest BCUT2D eigenvalue weighted by Crippen LogP contribution is -2.44. The van der Waals surface area contributed by atoms with Crippen LogP contribution in [0.2, 0.25) is 0 Å². The van der Waals surface area contributed by atoms with E-state index < -0.39 is 0 Å². The minimum atomic E-state index is 0.358. The number of ether oxygens (including phenoxy) is 1. The molecule has 0 saturated carbocycles. The summed E-state index contributed by atoms with van der Waals surface area (Å²) in [5.41, 5.74) is 0. The molecule has 1 unspecified atom stereocenters. The predicted octanol–water partition coefficient (Wildman–Crippen LogP) is 2.19. The number of nitrogens with one attached hydrogen (secondary N) is 2. The highest BCUT2D eigenvalue weighted by molar-refractivity contribution is 7.11. The number of hydrogen-bond acceptors (Lipinski definition) is 3. The summed E-state index contributed by atoms with van der Waals surface area (Å²) in [5, 5.41) is 6.63. The molecular formula is C14H25N3OS. The Morgan fingerprint density at radius 3 is 2.84 bits per heavy atom. The van der Waals surface area contributed by atoms with Crippen LogP contribution in [0.25, 0.3) is 0 Å². The number of thiophene rings is 1. The Hall–Kier alpha value is -1.07. The number of nitrogens with zero attached hydrogens (tertiary/aromatic N) is 1. The van der Waals surface area contributed by atoms with Gasteiger partial charge in [-0.1, -0.05) is 0 Å². The Kier molecular flexibility index (Phi) is 7.52. The van der Waals surface area contributed by atoms with Crippen LogP contribution in [0, 0.1) is 6.92 Å². The van der Waals surface area contributed by atoms with Crippen LogP contribution in [-0.4, -0.2) is 38.8 Å². The zero-order valence-electron chi connectivity index (χ0n) is 12.3. The van der Waals surface area contributed by atoms with E-state index in [1.165, 1.54) is 9.75 Å². The van der Waals surface area contributed by atoms with Crippen molar-refractivity contribution >= 4 is 17.3 Å². The van der Waals surface area contributed by atoms with Gasteiger partial charge in [0.2, 0.25) is 0 Å². The summed E-state index contributed by atoms with van der Waals surface area (Å²) >= 11 is 1.85. The fourth-order valence-corrected chi connectivity index (χ4v) is 2.78. The van der Waals surface area contributed by atoms with Gasteiger partial charge in [-0.25, -0.2) is 0 Å². The van der Waals surface area contributed by atoms with Crippen molar-refractivity contribution in [3.8, 4) is 0 Å². The van der Waals surface area contributed by atoms with Crippen molar-refractivity contribution in [1.82, 2.24) is 10.6 Å². The maximum Gasteiger partial charge on any atom is 0.191 e. The fraction of sp³-hybridized carbons (Fsp3) is 0.643. The topological polar surface area (TPSA) is 45.6 Å². The van der Waals surface area contributed by atoms with E-state index in [0.717, 1.165) is 25.5 Å². The van der Waals surface area contributed by atoms with Crippen molar-refractivity contribution in [3.63, 3.8) is 0 Å². The van der Waals surface area contributed by atoms with Gasteiger partial charge in [-0.3, -0.25) is 4.99 Å². The molecular weight excluding hydrogens is 258 g/mol. The van der Waals surface area contributed by atoms with E-state index in [2.05, 4.69) is 41.6 Å². The summed E-state index contributed by atoms with van der Waals surface area (Å²) in [4.78, 5) is 6.98. The minimum absolute atomic E-state index is 0.358. The third-order valence-corrected chi connectivity index (χ3v) is 3.68. The summed E-state index contributed by atoms with van der Waals surface area (Å²) in [6.45, 7) is 8.54. The minimum Gasteiger partial charge on any atom is -0.380 e. The third-order valence-electron chi connectivity index (χ3n) is 2.65. The summed E-state index contributed by atoms with van der Waals surface area (Å²) in [5.74, 6) is 0.834. The second-order valence-electron chi connectivity index (χ2n) is 4.46. The lowest BCUT2D eigenvalue weighted by atomic mass is 10.2. The van der Waals surface area contributed by atoms with E-state index in [9.17, 15) is 0 Å². The lowest BCUT2D eigenvalue weighted by molar-refractivity contribution is 0.152. The van der Waals surface area contributed by atoms with Crippen LogP contribution in [0.15, 0.2) is 17.1 Å². The predicted molar refractivity (Wildman–Crippen MR) is 83.2 cm³/mol. The maximum absolute atomic E-state index is 5.29. The number of aryl methyl sites for hydroxylation is 1. The van der Waals surface area contributed by atoms with Crippen molar-refractivity contribution in [1.29, 1.82) is 0 Å². The Bertz CT molecular complexity index is 390. The van der Waals surface area contributed by atoms with Crippen LogP contribution in [0.5, 0.6) is 0 Å². The van der Waals surface area contributed by atoms with E-state index in [1.54, 1.807) is 7.05 Å². The first-order valence-corrected chi connectivity index (χ1v) is 7.57. The van der Waals surface area contributed by atoms with Crippen molar-refractivity contribution in [3.05, 3.63) is 21.9 Å². The van der Waals surface area contributed by atoms with E-state index in [0.29, 0.717) is 12.6 Å². The number of hydrogen-bond donors (Lipinski definition) is 2. The van der Waals surface area contributed by atoms with Gasteiger partial charge in [-0.2, -0.15) is 0 Å². The first-order valence-electron chi connectivity index (χ1n) is 6.76. The first-order chi connectivity index (χ1) is 9.15. The molecule has 2 N–H and O–H groups in total. The molecule has 0 aliphatic carbocycles. The normalized spacial score (nSPS) is 13.4. The van der Waals surface area contributed by atoms with Gasteiger partial charge in [-0.15, -0.1) is 11.3 Å². The Labute approximate surface area is 120 Å². The number of aliphatic imine (C=N–C) groups is 1. The lowest BCUT2D eigenvalue weighted by Gasteiger charge is -2.17. The zero-order valence-corrected chi connectivity index (χ0v) is 13.1. The van der Waals surface area contributed by atoms with Gasteiger partial charge in [0.1, 0.15) is 0 Å². The molecule has 1 aromatic rings. The summed E-state index contributed by atoms with van der Waals surface area (Å²) in [6.07, 6.45) is 1.02. The van der Waals surface area contributed by atoms with Crippen LogP contribution in [0.4, 0.5) is 0 Å². The standard InChI is InChI=1S/C14H25N3OS/c1-5-18-9-8-16-14(15-4)17-11(2)10-13-7-6-12(3)19-13/h6-7,11H,5,8-10H2,1-4H3,(H2,15,16,17). The Balaban J connectivity index is 2.30. The molecule has 0 amide bonds. The molecule has 0 radical (unpaired) electrons. The average Bonchev–Trinajstić information content (AvgIpc) is 2.78. The summed E-state index contributed by atoms with van der Waals surface area (Å²) < 4.78 is 5.29. The molecule has 1 atom stereocenters. The van der Waals surface area contributed by atoms with Crippen molar-refractivity contribution in [2.24, 2.45) is 4.99 Å². The van der Waals surface area contributed by atoms with E-state index >= 15 is 0 Å². The van der Waals surface area contributed by atoms with E-state index in [1.807, 2.05) is 18.3 Å². The van der Waals surface area contributed by atoms with E-state index in [-0.39, 0.29) is 0 Å². The number of guanidine groups is 1. The van der Waals surface area contributed by atoms with Crippen LogP contribution in [-0.2, 0) is 11.2 Å². The quantitative estimate of drug-likeness (QED) is 0.458. The van der Waals surface area contributed by atoms with Gasteiger partial charge in [0, 0.05) is 42.4 Å². The molecule has 1 aromatic heterocycles. The van der Waals surface area contributed by atoms with Crippen molar-refractivity contribution in [2.75, 3.05) is 26.8 Å². The van der Waals surface area contributed by atoms with Crippen molar-refractivity contribution < 1.29 is 4.74 Å². The molecule has 0 aliphatic heterocycles. The molecule has 0 saturated heterocycles. The Morgan fingerprint density at radius 1 is 1.47 bits per heavy atom. The molecule has 1 rings (SSSR count). The molecule has 0 bridgehead atoms.